The van der Waals surface area contributed by atoms with Crippen LogP contribution >= 0.6 is 0 Å². The maximum atomic E-state index is 14.8. The molecule has 10 nitrogen and oxygen atoms in total. The second-order valence-corrected chi connectivity index (χ2v) is 13.9. The summed E-state index contributed by atoms with van der Waals surface area (Å²) in [7, 11) is 1.61. The van der Waals surface area contributed by atoms with E-state index in [0.717, 1.165) is 29.7 Å². The van der Waals surface area contributed by atoms with E-state index in [1.165, 1.54) is 0 Å². The highest BCUT2D eigenvalue weighted by molar-refractivity contribution is 6.03. The van der Waals surface area contributed by atoms with Crippen LogP contribution in [0.15, 0.2) is 43.5 Å². The van der Waals surface area contributed by atoms with Gasteiger partial charge in [-0.25, -0.2) is 0 Å². The Bertz CT molecular complexity index is 1370. The summed E-state index contributed by atoms with van der Waals surface area (Å²) in [5.41, 5.74) is -0.596. The van der Waals surface area contributed by atoms with Crippen LogP contribution in [0, 0.1) is 17.3 Å². The molecule has 0 bridgehead atoms. The zero-order valence-corrected chi connectivity index (χ0v) is 26.0. The number of esters is 2. The van der Waals surface area contributed by atoms with E-state index in [4.69, 9.17) is 37.9 Å². The molecule has 6 aliphatic rings. The third kappa shape index (κ3) is 4.32. The quantitative estimate of drug-likeness (QED) is 0.251. The van der Waals surface area contributed by atoms with Gasteiger partial charge in [0.05, 0.1) is 13.7 Å². The molecule has 1 aromatic rings. The second kappa shape index (κ2) is 10.1. The van der Waals surface area contributed by atoms with Crippen molar-refractivity contribution in [2.45, 2.75) is 107 Å². The Balaban J connectivity index is 1.27. The van der Waals surface area contributed by atoms with Gasteiger partial charge < -0.3 is 37.9 Å². The van der Waals surface area contributed by atoms with Gasteiger partial charge in [0.2, 0.25) is 0 Å². The zero-order valence-electron chi connectivity index (χ0n) is 26.0. The Morgan fingerprint density at radius 1 is 1.00 bits per heavy atom. The van der Waals surface area contributed by atoms with Crippen molar-refractivity contribution >= 4 is 11.9 Å². The Kier molecular flexibility index (Phi) is 6.88. The van der Waals surface area contributed by atoms with Crippen LogP contribution in [0.4, 0.5) is 0 Å². The molecule has 0 radical (unpaired) electrons. The molecule has 4 aliphatic heterocycles. The summed E-state index contributed by atoms with van der Waals surface area (Å²) in [5, 5.41) is 0. The van der Waals surface area contributed by atoms with Gasteiger partial charge in [-0.3, -0.25) is 9.59 Å². The van der Waals surface area contributed by atoms with E-state index in [-0.39, 0.29) is 24.9 Å². The third-order valence-corrected chi connectivity index (χ3v) is 10.6. The Morgan fingerprint density at radius 2 is 1.73 bits per heavy atom. The molecule has 0 N–H and O–H groups in total. The lowest BCUT2D eigenvalue weighted by Gasteiger charge is -2.42. The molecule has 9 atom stereocenters. The molecule has 7 rings (SSSR count). The van der Waals surface area contributed by atoms with Gasteiger partial charge >= 0.3 is 11.9 Å². The van der Waals surface area contributed by atoms with Crippen molar-refractivity contribution in [2.24, 2.45) is 17.3 Å². The lowest BCUT2D eigenvalue weighted by atomic mass is 9.58. The van der Waals surface area contributed by atoms with Crippen molar-refractivity contribution in [3.8, 4) is 5.75 Å². The minimum Gasteiger partial charge on any atom is -0.497 e. The topological polar surface area (TPSA) is 108 Å². The highest BCUT2D eigenvalue weighted by atomic mass is 16.9. The van der Waals surface area contributed by atoms with Gasteiger partial charge in [-0.05, 0) is 70.2 Å². The fourth-order valence-electron chi connectivity index (χ4n) is 8.45. The minimum atomic E-state index is -1.60. The molecule has 1 unspecified atom stereocenters. The molecule has 1 spiro atoms. The van der Waals surface area contributed by atoms with Crippen LogP contribution in [0.5, 0.6) is 5.75 Å². The Hall–Kier alpha value is -2.76. The van der Waals surface area contributed by atoms with Crippen LogP contribution in [0.2, 0.25) is 0 Å². The average molecular weight is 611 g/mol. The van der Waals surface area contributed by atoms with Gasteiger partial charge in [-0.2, -0.15) is 0 Å². The maximum absolute atomic E-state index is 14.8. The predicted octanol–water partition coefficient (Wildman–Crippen LogP) is 4.34. The SMILES string of the molecule is C=C[C@@H]1CC[C@@H](C=C)C12C[C@](C(=O)O[C@@H]1[C@H]3OC(C)(C)O[C@H]3O[C@@H]1[C@H]1COC(C)(C)O1)(C1Cc3cc(OC)ccc31)C(=O)O2. The molecule has 10 heteroatoms. The van der Waals surface area contributed by atoms with Crippen LogP contribution in [0.25, 0.3) is 0 Å². The largest absolute Gasteiger partial charge is 0.497 e. The fourth-order valence-corrected chi connectivity index (χ4v) is 8.45. The Labute approximate surface area is 257 Å². The average Bonchev–Trinajstić information content (AvgIpc) is 3.73. The Morgan fingerprint density at radius 3 is 2.34 bits per heavy atom. The van der Waals surface area contributed by atoms with E-state index in [1.807, 2.05) is 44.2 Å². The first-order valence-corrected chi connectivity index (χ1v) is 15.6. The highest BCUT2D eigenvalue weighted by Crippen LogP contribution is 2.63. The molecule has 2 aliphatic carbocycles. The number of fused-ring (bicyclic) bond motifs is 2. The van der Waals surface area contributed by atoms with Gasteiger partial charge in [0, 0.05) is 24.2 Å². The first-order valence-electron chi connectivity index (χ1n) is 15.6. The summed E-state index contributed by atoms with van der Waals surface area (Å²) in [4.78, 5) is 29.2. The normalized spacial score (nSPS) is 40.6. The third-order valence-electron chi connectivity index (χ3n) is 10.6. The molecular formula is C34H42O10. The number of hydrogen-bond acceptors (Lipinski definition) is 10. The fraction of sp³-hybridized carbons (Fsp3) is 0.647. The highest BCUT2D eigenvalue weighted by Gasteiger charge is 2.72. The van der Waals surface area contributed by atoms with Crippen LogP contribution in [0.1, 0.15) is 64.0 Å². The number of benzene rings is 1. The molecule has 44 heavy (non-hydrogen) atoms. The van der Waals surface area contributed by atoms with Gasteiger partial charge in [-0.1, -0.05) is 18.2 Å². The maximum Gasteiger partial charge on any atom is 0.324 e. The number of carbonyl (C=O) groups excluding carboxylic acids is 2. The van der Waals surface area contributed by atoms with E-state index in [9.17, 15) is 9.59 Å². The molecular weight excluding hydrogens is 568 g/mol. The van der Waals surface area contributed by atoms with Crippen LogP contribution in [0.3, 0.4) is 0 Å². The van der Waals surface area contributed by atoms with Gasteiger partial charge in [0.25, 0.3) is 0 Å². The van der Waals surface area contributed by atoms with Crippen molar-refractivity contribution in [1.29, 1.82) is 0 Å². The van der Waals surface area contributed by atoms with E-state index >= 15 is 0 Å². The number of hydrogen-bond donors (Lipinski definition) is 0. The smallest absolute Gasteiger partial charge is 0.324 e. The van der Waals surface area contributed by atoms with E-state index in [2.05, 4.69) is 13.2 Å². The van der Waals surface area contributed by atoms with Crippen LogP contribution in [-0.4, -0.2) is 73.5 Å². The molecule has 1 aromatic carbocycles. The standard InChI is InChI=1S/C34H42O10/c1-8-19-10-11-20(9-2)34(19)17-33(30(36)44-34,23-15-18-14-21(37-7)12-13-22(18)23)29(35)40-26-25(24-16-38-31(3,4)41-24)39-28-27(26)42-32(5,6)43-28/h8-9,12-14,19-20,23-28H,1-2,10-11,15-17H2,3-7H3/t19-,20-,23?,24-,25-,26+,27-,28-,33-/m1/s1. The summed E-state index contributed by atoms with van der Waals surface area (Å²) >= 11 is 0. The summed E-state index contributed by atoms with van der Waals surface area (Å²) in [6, 6.07) is 5.73. The van der Waals surface area contributed by atoms with Crippen molar-refractivity contribution in [3.05, 3.63) is 54.6 Å². The summed E-state index contributed by atoms with van der Waals surface area (Å²) in [6.07, 6.45) is 2.23. The number of ether oxygens (including phenoxy) is 8. The van der Waals surface area contributed by atoms with Crippen molar-refractivity contribution in [3.63, 3.8) is 0 Å². The summed E-state index contributed by atoms with van der Waals surface area (Å²) < 4.78 is 48.7. The molecule has 4 heterocycles. The van der Waals surface area contributed by atoms with Crippen LogP contribution in [-0.2, 0) is 49.2 Å². The molecule has 0 aromatic heterocycles. The summed E-state index contributed by atoms with van der Waals surface area (Å²) in [5.74, 6) is -2.98. The van der Waals surface area contributed by atoms with Gasteiger partial charge in [0.15, 0.2) is 35.5 Å². The first-order chi connectivity index (χ1) is 20.9. The monoisotopic (exact) mass is 610 g/mol. The molecule has 4 saturated heterocycles. The number of rotatable bonds is 7. The van der Waals surface area contributed by atoms with Gasteiger partial charge in [-0.15, -0.1) is 13.2 Å². The number of methoxy groups -OCH3 is 1. The summed E-state index contributed by atoms with van der Waals surface area (Å²) in [6.45, 7) is 15.5. The van der Waals surface area contributed by atoms with E-state index in [1.54, 1.807) is 21.0 Å². The van der Waals surface area contributed by atoms with E-state index < -0.39 is 71.2 Å². The van der Waals surface area contributed by atoms with Crippen molar-refractivity contribution in [2.75, 3.05) is 13.7 Å². The van der Waals surface area contributed by atoms with E-state index in [0.29, 0.717) is 6.42 Å². The van der Waals surface area contributed by atoms with Crippen LogP contribution < -0.4 is 4.74 Å². The number of carbonyl (C=O) groups is 2. The molecule has 0 amide bonds. The minimum absolute atomic E-state index is 0.120. The van der Waals surface area contributed by atoms with Crippen molar-refractivity contribution < 1.29 is 47.5 Å². The molecule has 1 saturated carbocycles. The second-order valence-electron chi connectivity index (χ2n) is 13.9. The van der Waals surface area contributed by atoms with Crippen molar-refractivity contribution in [1.82, 2.24) is 0 Å². The molecule has 5 fully saturated rings. The lowest BCUT2D eigenvalue weighted by Crippen LogP contribution is -2.52. The zero-order chi connectivity index (χ0) is 31.2. The lowest BCUT2D eigenvalue weighted by molar-refractivity contribution is -0.237. The van der Waals surface area contributed by atoms with Gasteiger partial charge in [0.1, 0.15) is 23.6 Å². The predicted molar refractivity (Wildman–Crippen MR) is 155 cm³/mol. The molecule has 238 valence electrons. The first kappa shape index (κ1) is 29.9.